The molecule has 1 aromatic carbocycles. The van der Waals surface area contributed by atoms with Crippen molar-refractivity contribution in [2.45, 2.75) is 11.8 Å². The number of ether oxygens (including phenoxy) is 1. The van der Waals surface area contributed by atoms with Gasteiger partial charge in [0, 0.05) is 10.5 Å². The van der Waals surface area contributed by atoms with Gasteiger partial charge >= 0.3 is 0 Å². The van der Waals surface area contributed by atoms with Crippen LogP contribution in [0, 0.1) is 12.7 Å². The molecule has 3 heteroatoms. The second-order valence-electron chi connectivity index (χ2n) is 2.25. The fraction of sp³-hybridized carbons (Fsp3) is 0.250. The number of benzene rings is 1. The van der Waals surface area contributed by atoms with Gasteiger partial charge in [-0.1, -0.05) is 0 Å². The third kappa shape index (κ3) is 1.66. The van der Waals surface area contributed by atoms with Crippen molar-refractivity contribution in [3.63, 3.8) is 0 Å². The molecule has 1 aromatic rings. The molecule has 0 aliphatic rings. The van der Waals surface area contributed by atoms with Crippen LogP contribution in [0.15, 0.2) is 17.0 Å². The number of thiol groups is 1. The van der Waals surface area contributed by atoms with Crippen LogP contribution >= 0.6 is 12.6 Å². The van der Waals surface area contributed by atoms with Crippen molar-refractivity contribution in [3.8, 4) is 5.75 Å². The van der Waals surface area contributed by atoms with E-state index in [1.807, 2.05) is 0 Å². The van der Waals surface area contributed by atoms with E-state index in [2.05, 4.69) is 12.6 Å². The second-order valence-corrected chi connectivity index (χ2v) is 2.77. The molecule has 0 bridgehead atoms. The van der Waals surface area contributed by atoms with E-state index in [9.17, 15) is 4.39 Å². The Labute approximate surface area is 70.6 Å². The highest BCUT2D eigenvalue weighted by molar-refractivity contribution is 7.80. The van der Waals surface area contributed by atoms with Crippen LogP contribution < -0.4 is 4.74 Å². The first-order valence-electron chi connectivity index (χ1n) is 3.18. The number of hydrogen-bond acceptors (Lipinski definition) is 2. The van der Waals surface area contributed by atoms with E-state index in [1.54, 1.807) is 13.0 Å². The average Bonchev–Trinajstić information content (AvgIpc) is 1.96. The number of hydrogen-bond donors (Lipinski definition) is 1. The van der Waals surface area contributed by atoms with E-state index < -0.39 is 0 Å². The Morgan fingerprint density at radius 1 is 1.45 bits per heavy atom. The van der Waals surface area contributed by atoms with Crippen molar-refractivity contribution in [1.82, 2.24) is 0 Å². The number of methoxy groups -OCH3 is 1. The average molecular weight is 172 g/mol. The van der Waals surface area contributed by atoms with E-state index in [4.69, 9.17) is 4.74 Å². The molecule has 0 radical (unpaired) electrons. The molecule has 0 atom stereocenters. The summed E-state index contributed by atoms with van der Waals surface area (Å²) in [5.74, 6) is 0.254. The Kier molecular flexibility index (Phi) is 2.39. The molecular weight excluding hydrogens is 163 g/mol. The van der Waals surface area contributed by atoms with Crippen molar-refractivity contribution < 1.29 is 9.13 Å². The minimum absolute atomic E-state index is 0.283. The van der Waals surface area contributed by atoms with Gasteiger partial charge in [0.1, 0.15) is 11.6 Å². The van der Waals surface area contributed by atoms with Gasteiger partial charge in [0.15, 0.2) is 0 Å². The van der Waals surface area contributed by atoms with Gasteiger partial charge in [-0.15, -0.1) is 12.6 Å². The third-order valence-corrected chi connectivity index (χ3v) is 1.76. The SMILES string of the molecule is COc1cc(S)cc(F)c1C. The van der Waals surface area contributed by atoms with E-state index in [0.29, 0.717) is 16.2 Å². The predicted octanol–water partition coefficient (Wildman–Crippen LogP) is 2.43. The summed E-state index contributed by atoms with van der Waals surface area (Å²) < 4.78 is 17.8. The molecule has 11 heavy (non-hydrogen) atoms. The summed E-state index contributed by atoms with van der Waals surface area (Å²) in [6.45, 7) is 1.67. The predicted molar refractivity (Wildman–Crippen MR) is 44.9 cm³/mol. The van der Waals surface area contributed by atoms with Crippen LogP contribution in [0.4, 0.5) is 4.39 Å². The molecule has 0 aliphatic carbocycles. The highest BCUT2D eigenvalue weighted by Crippen LogP contribution is 2.23. The van der Waals surface area contributed by atoms with Gasteiger partial charge in [-0.2, -0.15) is 0 Å². The number of rotatable bonds is 1. The van der Waals surface area contributed by atoms with E-state index >= 15 is 0 Å². The van der Waals surface area contributed by atoms with Gasteiger partial charge < -0.3 is 4.74 Å². The summed E-state index contributed by atoms with van der Waals surface area (Å²) in [6, 6.07) is 3.04. The molecule has 0 amide bonds. The van der Waals surface area contributed by atoms with Crippen LogP contribution in [0.2, 0.25) is 0 Å². The summed E-state index contributed by atoms with van der Waals surface area (Å²) >= 11 is 4.01. The number of halogens is 1. The first-order valence-corrected chi connectivity index (χ1v) is 3.63. The van der Waals surface area contributed by atoms with Crippen LogP contribution in [-0.4, -0.2) is 7.11 Å². The van der Waals surface area contributed by atoms with Crippen molar-refractivity contribution in [3.05, 3.63) is 23.5 Å². The molecule has 0 aliphatic heterocycles. The van der Waals surface area contributed by atoms with Crippen LogP contribution in [0.1, 0.15) is 5.56 Å². The van der Waals surface area contributed by atoms with Gasteiger partial charge in [0.05, 0.1) is 7.11 Å². The fourth-order valence-corrected chi connectivity index (χ4v) is 1.08. The molecule has 1 nitrogen and oxygen atoms in total. The van der Waals surface area contributed by atoms with E-state index in [0.717, 1.165) is 0 Å². The highest BCUT2D eigenvalue weighted by atomic mass is 32.1. The van der Waals surface area contributed by atoms with Gasteiger partial charge in [0.25, 0.3) is 0 Å². The molecular formula is C8H9FOS. The second kappa shape index (κ2) is 3.13. The smallest absolute Gasteiger partial charge is 0.130 e. The lowest BCUT2D eigenvalue weighted by Gasteiger charge is -2.05. The third-order valence-electron chi connectivity index (χ3n) is 1.50. The van der Waals surface area contributed by atoms with Gasteiger partial charge in [-0.05, 0) is 19.1 Å². The molecule has 0 unspecified atom stereocenters. The summed E-state index contributed by atoms with van der Waals surface area (Å²) in [6.07, 6.45) is 0. The molecule has 0 saturated heterocycles. The van der Waals surface area contributed by atoms with Crippen LogP contribution in [0.25, 0.3) is 0 Å². The maximum atomic E-state index is 12.9. The van der Waals surface area contributed by atoms with E-state index in [-0.39, 0.29) is 5.82 Å². The Morgan fingerprint density at radius 2 is 2.09 bits per heavy atom. The van der Waals surface area contributed by atoms with Crippen LogP contribution in [0.3, 0.4) is 0 Å². The van der Waals surface area contributed by atoms with E-state index in [1.165, 1.54) is 13.2 Å². The maximum absolute atomic E-state index is 12.9. The van der Waals surface area contributed by atoms with Gasteiger partial charge in [-0.25, -0.2) is 4.39 Å². The van der Waals surface area contributed by atoms with Gasteiger partial charge in [0.2, 0.25) is 0 Å². The van der Waals surface area contributed by atoms with Gasteiger partial charge in [-0.3, -0.25) is 0 Å². The lowest BCUT2D eigenvalue weighted by molar-refractivity contribution is 0.405. The monoisotopic (exact) mass is 172 g/mol. The molecule has 1 rings (SSSR count). The van der Waals surface area contributed by atoms with Crippen LogP contribution in [0.5, 0.6) is 5.75 Å². The maximum Gasteiger partial charge on any atom is 0.130 e. The molecule has 60 valence electrons. The highest BCUT2D eigenvalue weighted by Gasteiger charge is 2.04. The Hall–Kier alpha value is -0.700. The summed E-state index contributed by atoms with van der Waals surface area (Å²) in [4.78, 5) is 0.574. The zero-order valence-corrected chi connectivity index (χ0v) is 7.28. The molecule has 0 saturated carbocycles. The molecule has 0 aromatic heterocycles. The van der Waals surface area contributed by atoms with Crippen molar-refractivity contribution in [2.24, 2.45) is 0 Å². The summed E-state index contributed by atoms with van der Waals surface area (Å²) in [5, 5.41) is 0. The van der Waals surface area contributed by atoms with Crippen molar-refractivity contribution in [1.29, 1.82) is 0 Å². The minimum atomic E-state index is -0.283. The lowest BCUT2D eigenvalue weighted by Crippen LogP contribution is -1.90. The zero-order valence-electron chi connectivity index (χ0n) is 6.39. The first kappa shape index (κ1) is 8.40. The van der Waals surface area contributed by atoms with Crippen molar-refractivity contribution >= 4 is 12.6 Å². The Morgan fingerprint density at radius 3 is 2.64 bits per heavy atom. The Balaban J connectivity index is 3.24. The normalized spacial score (nSPS) is 9.82. The first-order chi connectivity index (χ1) is 5.15. The topological polar surface area (TPSA) is 9.23 Å². The Bertz CT molecular complexity index is 273. The molecule has 0 spiro atoms. The lowest BCUT2D eigenvalue weighted by atomic mass is 10.2. The quantitative estimate of drug-likeness (QED) is 0.640. The standard InChI is InChI=1S/C8H9FOS/c1-5-7(9)3-6(11)4-8(5)10-2/h3-4,11H,1-2H3. The molecule has 0 fully saturated rings. The zero-order chi connectivity index (χ0) is 8.43. The van der Waals surface area contributed by atoms with Crippen LogP contribution in [-0.2, 0) is 0 Å². The molecule has 0 heterocycles. The minimum Gasteiger partial charge on any atom is -0.496 e. The molecule has 0 N–H and O–H groups in total. The largest absolute Gasteiger partial charge is 0.496 e. The fourth-order valence-electron chi connectivity index (χ4n) is 0.852. The summed E-state index contributed by atoms with van der Waals surface area (Å²) in [7, 11) is 1.51. The van der Waals surface area contributed by atoms with Crippen molar-refractivity contribution in [2.75, 3.05) is 7.11 Å². The summed E-state index contributed by atoms with van der Waals surface area (Å²) in [5.41, 5.74) is 0.519.